The number of nitrogens with one attached hydrogen (secondary N) is 1. The number of aliphatic carboxylic acids is 1. The number of thiol groups is 2. The molecule has 0 spiro atoms. The Labute approximate surface area is 114 Å². The van der Waals surface area contributed by atoms with E-state index in [1.807, 2.05) is 0 Å². The molecule has 0 bridgehead atoms. The molecule has 0 rings (SSSR count). The van der Waals surface area contributed by atoms with Crippen molar-refractivity contribution in [3.8, 4) is 0 Å². The van der Waals surface area contributed by atoms with Gasteiger partial charge in [-0.3, -0.25) is 4.79 Å². The molecule has 0 aromatic carbocycles. The van der Waals surface area contributed by atoms with Gasteiger partial charge >= 0.3 is 5.97 Å². The Morgan fingerprint density at radius 3 is 1.82 bits per heavy atom. The van der Waals surface area contributed by atoms with Crippen LogP contribution in [0.25, 0.3) is 0 Å². The summed E-state index contributed by atoms with van der Waals surface area (Å²) < 4.78 is 1.02. The van der Waals surface area contributed by atoms with Gasteiger partial charge in [0.15, 0.2) is 0 Å². The van der Waals surface area contributed by atoms with Gasteiger partial charge in [0.05, 0.1) is 27.7 Å². The molecule has 2 N–H and O–H groups in total. The molecule has 0 saturated carbocycles. The Morgan fingerprint density at radius 1 is 1.29 bits per heavy atom. The second-order valence-electron chi connectivity index (χ2n) is 4.51. The minimum Gasteiger partial charge on any atom is -0.480 e. The Kier molecular flexibility index (Phi) is 10.7. The maximum atomic E-state index is 10.3. The van der Waals surface area contributed by atoms with Crippen molar-refractivity contribution in [2.75, 3.05) is 39.2 Å². The lowest BCUT2D eigenvalue weighted by atomic mass is 10.3. The van der Waals surface area contributed by atoms with Gasteiger partial charge in [0.1, 0.15) is 6.04 Å². The van der Waals surface area contributed by atoms with E-state index in [-0.39, 0.29) is 11.7 Å². The van der Waals surface area contributed by atoms with E-state index in [1.54, 1.807) is 0 Å². The van der Waals surface area contributed by atoms with Crippen molar-refractivity contribution in [3.05, 3.63) is 0 Å². The summed E-state index contributed by atoms with van der Waals surface area (Å²) in [6.45, 7) is 2.41. The van der Waals surface area contributed by atoms with Crippen LogP contribution >= 0.6 is 25.3 Å². The summed E-state index contributed by atoms with van der Waals surface area (Å²) in [6.07, 6.45) is 0. The topological polar surface area (TPSA) is 66.4 Å². The van der Waals surface area contributed by atoms with Crippen LogP contribution in [0.3, 0.4) is 0 Å². The summed E-state index contributed by atoms with van der Waals surface area (Å²) >= 11 is 7.83. The van der Waals surface area contributed by atoms with E-state index in [9.17, 15) is 9.59 Å². The highest BCUT2D eigenvalue weighted by Crippen LogP contribution is 1.88. The van der Waals surface area contributed by atoms with Crippen molar-refractivity contribution in [3.63, 3.8) is 0 Å². The van der Waals surface area contributed by atoms with Crippen LogP contribution in [0, 0.1) is 0 Å². The summed E-state index contributed by atoms with van der Waals surface area (Å²) in [4.78, 5) is 20.5. The summed E-state index contributed by atoms with van der Waals surface area (Å²) in [6, 6.07) is -0.874. The van der Waals surface area contributed by atoms with E-state index in [0.717, 1.165) is 16.8 Å². The standard InChI is InChI=1S/C5H9NO3S.C5H13NS/c1-3(7)6-4(2-10)5(8)9;1-6(2,3)4-5-7/h4,10H,2H2,1H3,(H,6,7)(H,8,9);4-5H2,1-3H3/p+1. The molecule has 0 aromatic rings. The first-order valence-corrected chi connectivity index (χ1v) is 6.42. The van der Waals surface area contributed by atoms with Crippen LogP contribution in [-0.2, 0) is 9.59 Å². The first-order valence-electron chi connectivity index (χ1n) is 5.16. The maximum Gasteiger partial charge on any atom is 0.327 e. The summed E-state index contributed by atoms with van der Waals surface area (Å²) in [7, 11) is 6.49. The van der Waals surface area contributed by atoms with Gasteiger partial charge in [-0.2, -0.15) is 25.3 Å². The SMILES string of the molecule is CC(=O)NC(CS)C(=O)O.C[N+](C)(C)CCS. The van der Waals surface area contributed by atoms with Crippen LogP contribution in [-0.4, -0.2) is 66.7 Å². The molecule has 0 saturated heterocycles. The van der Waals surface area contributed by atoms with E-state index in [2.05, 4.69) is 51.7 Å². The fraction of sp³-hybridized carbons (Fsp3) is 0.800. The predicted octanol–water partition coefficient (Wildman–Crippen LogP) is 0.128. The van der Waals surface area contributed by atoms with Gasteiger partial charge in [-0.05, 0) is 0 Å². The van der Waals surface area contributed by atoms with E-state index in [1.165, 1.54) is 6.92 Å². The van der Waals surface area contributed by atoms with Gasteiger partial charge in [0.25, 0.3) is 0 Å². The Morgan fingerprint density at radius 2 is 1.76 bits per heavy atom. The van der Waals surface area contributed by atoms with E-state index >= 15 is 0 Å². The van der Waals surface area contributed by atoms with Crippen LogP contribution in [0.5, 0.6) is 0 Å². The zero-order chi connectivity index (χ0) is 14.1. The lowest BCUT2D eigenvalue weighted by Gasteiger charge is -2.22. The zero-order valence-corrected chi connectivity index (χ0v) is 12.6. The minimum absolute atomic E-state index is 0.106. The van der Waals surface area contributed by atoms with E-state index in [0.29, 0.717) is 0 Å². The van der Waals surface area contributed by atoms with Crippen molar-refractivity contribution in [2.24, 2.45) is 0 Å². The molecule has 1 unspecified atom stereocenters. The van der Waals surface area contributed by atoms with Gasteiger partial charge in [-0.25, -0.2) is 4.79 Å². The number of carbonyl (C=O) groups is 2. The molecule has 0 aliphatic rings. The van der Waals surface area contributed by atoms with Gasteiger partial charge in [-0.1, -0.05) is 0 Å². The highest BCUT2D eigenvalue weighted by molar-refractivity contribution is 7.80. The summed E-state index contributed by atoms with van der Waals surface area (Å²) in [5.41, 5.74) is 0. The third kappa shape index (κ3) is 15.6. The van der Waals surface area contributed by atoms with Gasteiger partial charge < -0.3 is 14.9 Å². The quantitative estimate of drug-likeness (QED) is 0.428. The molecule has 0 fully saturated rings. The number of hydrogen-bond acceptors (Lipinski definition) is 4. The molecule has 102 valence electrons. The number of amides is 1. The summed E-state index contributed by atoms with van der Waals surface area (Å²) in [5, 5.41) is 10.6. The molecule has 1 atom stereocenters. The molecule has 0 aliphatic heterocycles. The van der Waals surface area contributed by atoms with Gasteiger partial charge in [0, 0.05) is 18.4 Å². The van der Waals surface area contributed by atoms with Crippen molar-refractivity contribution in [1.29, 1.82) is 0 Å². The largest absolute Gasteiger partial charge is 0.480 e. The first-order chi connectivity index (χ1) is 7.64. The van der Waals surface area contributed by atoms with Crippen molar-refractivity contribution in [2.45, 2.75) is 13.0 Å². The number of quaternary nitrogens is 1. The highest BCUT2D eigenvalue weighted by atomic mass is 32.1. The van der Waals surface area contributed by atoms with Gasteiger partial charge in [-0.15, -0.1) is 0 Å². The molecule has 7 heteroatoms. The zero-order valence-electron chi connectivity index (χ0n) is 10.8. The normalized spacial score (nSPS) is 12.1. The van der Waals surface area contributed by atoms with Crippen LogP contribution in [0.4, 0.5) is 0 Å². The average Bonchev–Trinajstić information content (AvgIpc) is 2.12. The van der Waals surface area contributed by atoms with Crippen LogP contribution in [0.15, 0.2) is 0 Å². The number of carboxylic acids is 1. The smallest absolute Gasteiger partial charge is 0.327 e. The Hall–Kier alpha value is -0.400. The third-order valence-electron chi connectivity index (χ3n) is 1.63. The number of rotatable bonds is 5. The van der Waals surface area contributed by atoms with Crippen LogP contribution in [0.1, 0.15) is 6.92 Å². The first kappa shape index (κ1) is 19.0. The van der Waals surface area contributed by atoms with Crippen LogP contribution in [0.2, 0.25) is 0 Å². The number of carboxylic acid groups (broad SMARTS) is 1. The average molecular weight is 283 g/mol. The lowest BCUT2D eigenvalue weighted by molar-refractivity contribution is -0.867. The molecule has 5 nitrogen and oxygen atoms in total. The van der Waals surface area contributed by atoms with Gasteiger partial charge in [0.2, 0.25) is 5.91 Å². The van der Waals surface area contributed by atoms with E-state index < -0.39 is 12.0 Å². The monoisotopic (exact) mass is 283 g/mol. The lowest BCUT2D eigenvalue weighted by Crippen LogP contribution is -2.40. The molecule has 1 amide bonds. The van der Waals surface area contributed by atoms with Crippen molar-refractivity contribution < 1.29 is 19.2 Å². The summed E-state index contributed by atoms with van der Waals surface area (Å²) in [5.74, 6) is -0.343. The minimum atomic E-state index is -1.06. The van der Waals surface area contributed by atoms with Crippen molar-refractivity contribution in [1.82, 2.24) is 5.32 Å². The fourth-order valence-electron chi connectivity index (χ4n) is 0.731. The molecular weight excluding hydrogens is 260 g/mol. The second-order valence-corrected chi connectivity index (χ2v) is 5.32. The number of nitrogens with zero attached hydrogens (tertiary/aromatic N) is 1. The predicted molar refractivity (Wildman–Crippen MR) is 75.8 cm³/mol. The molecule has 0 aromatic heterocycles. The molecule has 0 heterocycles. The van der Waals surface area contributed by atoms with E-state index in [4.69, 9.17) is 5.11 Å². The second kappa shape index (κ2) is 9.61. The van der Waals surface area contributed by atoms with Crippen molar-refractivity contribution >= 4 is 37.1 Å². The number of carbonyl (C=O) groups excluding carboxylic acids is 1. The van der Waals surface area contributed by atoms with Crippen LogP contribution < -0.4 is 5.32 Å². The maximum absolute atomic E-state index is 10.3. The molecular formula is C10H23N2O3S2+. The highest BCUT2D eigenvalue weighted by Gasteiger charge is 2.15. The molecule has 0 radical (unpaired) electrons. The Balaban J connectivity index is 0. The molecule has 0 aliphatic carbocycles. The number of hydrogen-bond donors (Lipinski definition) is 4. The fourth-order valence-corrected chi connectivity index (χ4v) is 1.58. The Bertz CT molecular complexity index is 242. The molecule has 17 heavy (non-hydrogen) atoms. The third-order valence-corrected chi connectivity index (χ3v) is 2.19.